The molecule has 9 heavy (non-hydrogen) atoms. The molecule has 0 radical (unpaired) electrons. The predicted molar refractivity (Wildman–Crippen MR) is 37.1 cm³/mol. The second kappa shape index (κ2) is 3.78. The predicted octanol–water partition coefficient (Wildman–Crippen LogP) is 1.77. The summed E-state index contributed by atoms with van der Waals surface area (Å²) in [6.07, 6.45) is 2.71. The van der Waals surface area contributed by atoms with Crippen molar-refractivity contribution >= 4 is 0 Å². The van der Waals surface area contributed by atoms with E-state index in [1.807, 2.05) is 0 Å². The maximum atomic E-state index is 8.88. The van der Waals surface area contributed by atoms with Crippen LogP contribution in [0, 0.1) is 0 Å². The van der Waals surface area contributed by atoms with Crippen LogP contribution in [0.2, 0.25) is 0 Å². The standard InChI is InChI=1S/C7H10O2/c1-4-6(8)7(5-2)9-3/h4-5,8H,1-2H2,3H3/b7-6-. The van der Waals surface area contributed by atoms with E-state index in [4.69, 9.17) is 9.84 Å². The van der Waals surface area contributed by atoms with Gasteiger partial charge in [0.25, 0.3) is 0 Å². The first-order valence-corrected chi connectivity index (χ1v) is 2.48. The molecule has 0 rings (SSSR count). The van der Waals surface area contributed by atoms with Crippen molar-refractivity contribution < 1.29 is 9.84 Å². The molecule has 0 saturated carbocycles. The van der Waals surface area contributed by atoms with Crippen molar-refractivity contribution in [3.05, 3.63) is 36.8 Å². The second-order valence-electron chi connectivity index (χ2n) is 1.36. The zero-order valence-corrected chi connectivity index (χ0v) is 5.42. The largest absolute Gasteiger partial charge is 0.504 e. The lowest BCUT2D eigenvalue weighted by Gasteiger charge is -1.99. The first-order chi connectivity index (χ1) is 4.26. The van der Waals surface area contributed by atoms with Crippen LogP contribution in [0.5, 0.6) is 0 Å². The fraction of sp³-hybridized carbons (Fsp3) is 0.143. The normalized spacial score (nSPS) is 11.7. The van der Waals surface area contributed by atoms with Gasteiger partial charge in [-0.3, -0.25) is 0 Å². The Balaban J connectivity index is 4.36. The molecule has 0 aromatic heterocycles. The molecule has 0 amide bonds. The molecule has 0 aliphatic carbocycles. The molecule has 1 N–H and O–H groups in total. The highest BCUT2D eigenvalue weighted by molar-refractivity contribution is 5.20. The van der Waals surface area contributed by atoms with Gasteiger partial charge in [-0.2, -0.15) is 0 Å². The van der Waals surface area contributed by atoms with Gasteiger partial charge in [0.2, 0.25) is 0 Å². The SMILES string of the molecule is C=C/C(O)=C(\C=C)OC. The molecule has 0 fully saturated rings. The molecule has 0 aromatic rings. The van der Waals surface area contributed by atoms with E-state index in [1.54, 1.807) is 0 Å². The molecule has 2 heteroatoms. The summed E-state index contributed by atoms with van der Waals surface area (Å²) in [6, 6.07) is 0. The molecule has 0 bridgehead atoms. The van der Waals surface area contributed by atoms with Gasteiger partial charge in [0.1, 0.15) is 0 Å². The molecule has 0 heterocycles. The Labute approximate surface area is 54.8 Å². The topological polar surface area (TPSA) is 29.5 Å². The van der Waals surface area contributed by atoms with Gasteiger partial charge in [0.15, 0.2) is 11.5 Å². The molecule has 50 valence electrons. The first kappa shape index (κ1) is 7.82. The van der Waals surface area contributed by atoms with Crippen molar-refractivity contribution in [1.29, 1.82) is 0 Å². The molecule has 0 aromatic carbocycles. The number of rotatable bonds is 3. The average molecular weight is 126 g/mol. The van der Waals surface area contributed by atoms with Crippen molar-refractivity contribution in [3.8, 4) is 0 Å². The van der Waals surface area contributed by atoms with E-state index in [9.17, 15) is 0 Å². The van der Waals surface area contributed by atoms with E-state index in [1.165, 1.54) is 19.3 Å². The van der Waals surface area contributed by atoms with Crippen molar-refractivity contribution in [3.63, 3.8) is 0 Å². The Morgan fingerprint density at radius 1 is 1.44 bits per heavy atom. The Morgan fingerprint density at radius 2 is 2.00 bits per heavy atom. The molecule has 0 saturated heterocycles. The van der Waals surface area contributed by atoms with Crippen LogP contribution in [0.4, 0.5) is 0 Å². The lowest BCUT2D eigenvalue weighted by Crippen LogP contribution is -1.86. The summed E-state index contributed by atoms with van der Waals surface area (Å²) in [4.78, 5) is 0. The molecular weight excluding hydrogens is 116 g/mol. The number of allylic oxidation sites excluding steroid dienone is 2. The Kier molecular flexibility index (Phi) is 3.28. The number of aliphatic hydroxyl groups is 1. The summed E-state index contributed by atoms with van der Waals surface area (Å²) in [7, 11) is 1.46. The van der Waals surface area contributed by atoms with Crippen LogP contribution >= 0.6 is 0 Å². The molecule has 2 nitrogen and oxygen atoms in total. The summed E-state index contributed by atoms with van der Waals surface area (Å²) in [6.45, 7) is 6.75. The van der Waals surface area contributed by atoms with Crippen LogP contribution in [0.15, 0.2) is 36.8 Å². The number of aliphatic hydroxyl groups excluding tert-OH is 1. The van der Waals surface area contributed by atoms with Crippen LogP contribution < -0.4 is 0 Å². The molecule has 0 atom stereocenters. The highest BCUT2D eigenvalue weighted by Gasteiger charge is 1.93. The maximum absolute atomic E-state index is 8.88. The fourth-order valence-corrected chi connectivity index (χ4v) is 0.393. The third kappa shape index (κ3) is 2.04. The summed E-state index contributed by atoms with van der Waals surface area (Å²) >= 11 is 0. The van der Waals surface area contributed by atoms with Crippen LogP contribution in [0.25, 0.3) is 0 Å². The zero-order chi connectivity index (χ0) is 7.28. The summed E-state index contributed by atoms with van der Waals surface area (Å²) in [5, 5.41) is 8.88. The average Bonchev–Trinajstić information content (AvgIpc) is 1.90. The Hall–Kier alpha value is -1.18. The van der Waals surface area contributed by atoms with Crippen molar-refractivity contribution in [1.82, 2.24) is 0 Å². The van der Waals surface area contributed by atoms with Gasteiger partial charge in [0.05, 0.1) is 7.11 Å². The van der Waals surface area contributed by atoms with Crippen LogP contribution in [0.3, 0.4) is 0 Å². The van der Waals surface area contributed by atoms with Gasteiger partial charge >= 0.3 is 0 Å². The van der Waals surface area contributed by atoms with Crippen LogP contribution in [0.1, 0.15) is 0 Å². The minimum absolute atomic E-state index is 0.00694. The Morgan fingerprint density at radius 3 is 2.11 bits per heavy atom. The van der Waals surface area contributed by atoms with Crippen molar-refractivity contribution in [2.45, 2.75) is 0 Å². The van der Waals surface area contributed by atoms with Crippen LogP contribution in [-0.4, -0.2) is 12.2 Å². The Bertz CT molecular complexity index is 145. The minimum atomic E-state index is 0.00694. The third-order valence-electron chi connectivity index (χ3n) is 0.851. The highest BCUT2D eigenvalue weighted by Crippen LogP contribution is 2.02. The van der Waals surface area contributed by atoms with Gasteiger partial charge in [-0.25, -0.2) is 0 Å². The number of methoxy groups -OCH3 is 1. The minimum Gasteiger partial charge on any atom is -0.504 e. The van der Waals surface area contributed by atoms with Crippen molar-refractivity contribution in [2.75, 3.05) is 7.11 Å². The van der Waals surface area contributed by atoms with Crippen molar-refractivity contribution in [2.24, 2.45) is 0 Å². The van der Waals surface area contributed by atoms with E-state index in [2.05, 4.69) is 13.2 Å². The first-order valence-electron chi connectivity index (χ1n) is 2.48. The molecule has 0 aliphatic heterocycles. The van der Waals surface area contributed by atoms with Gasteiger partial charge in [-0.15, -0.1) is 0 Å². The number of ether oxygens (including phenoxy) is 1. The van der Waals surface area contributed by atoms with Crippen LogP contribution in [-0.2, 0) is 4.74 Å². The lowest BCUT2D eigenvalue weighted by molar-refractivity contribution is 0.275. The van der Waals surface area contributed by atoms with Gasteiger partial charge in [-0.05, 0) is 12.2 Å². The second-order valence-corrected chi connectivity index (χ2v) is 1.36. The van der Waals surface area contributed by atoms with E-state index in [0.29, 0.717) is 5.76 Å². The monoisotopic (exact) mass is 126 g/mol. The van der Waals surface area contributed by atoms with E-state index in [-0.39, 0.29) is 5.76 Å². The smallest absolute Gasteiger partial charge is 0.159 e. The molecule has 0 aliphatic rings. The quantitative estimate of drug-likeness (QED) is 0.461. The maximum Gasteiger partial charge on any atom is 0.159 e. The van der Waals surface area contributed by atoms with Gasteiger partial charge in [0, 0.05) is 0 Å². The zero-order valence-electron chi connectivity index (χ0n) is 5.42. The lowest BCUT2D eigenvalue weighted by atomic mass is 10.4. The van der Waals surface area contributed by atoms with E-state index in [0.717, 1.165) is 0 Å². The molecule has 0 unspecified atom stereocenters. The summed E-state index contributed by atoms with van der Waals surface area (Å²) in [5.41, 5.74) is 0. The van der Waals surface area contributed by atoms with E-state index < -0.39 is 0 Å². The van der Waals surface area contributed by atoms with E-state index >= 15 is 0 Å². The highest BCUT2D eigenvalue weighted by atomic mass is 16.5. The molecular formula is C7H10O2. The molecule has 0 spiro atoms. The van der Waals surface area contributed by atoms with Gasteiger partial charge < -0.3 is 9.84 Å². The summed E-state index contributed by atoms with van der Waals surface area (Å²) in [5.74, 6) is 0.345. The fourth-order valence-electron chi connectivity index (χ4n) is 0.393. The van der Waals surface area contributed by atoms with Gasteiger partial charge in [-0.1, -0.05) is 13.2 Å². The number of hydrogen-bond donors (Lipinski definition) is 1. The number of hydrogen-bond acceptors (Lipinski definition) is 2. The summed E-state index contributed by atoms with van der Waals surface area (Å²) < 4.78 is 4.69. The third-order valence-corrected chi connectivity index (χ3v) is 0.851.